The highest BCUT2D eigenvalue weighted by Crippen LogP contribution is 2.17. The molecule has 0 atom stereocenters. The van der Waals surface area contributed by atoms with E-state index in [0.717, 1.165) is 16.3 Å². The first-order chi connectivity index (χ1) is 7.20. The van der Waals surface area contributed by atoms with Crippen LogP contribution in [0.1, 0.15) is 15.9 Å². The lowest BCUT2D eigenvalue weighted by atomic mass is 10.0. The molecular weight excluding hydrogens is 188 g/mol. The van der Waals surface area contributed by atoms with Crippen molar-refractivity contribution >= 4 is 16.7 Å². The zero-order valence-corrected chi connectivity index (χ0v) is 7.90. The monoisotopic (exact) mass is 196 g/mol. The molecule has 0 fully saturated rings. The molecule has 0 saturated heterocycles. The van der Waals surface area contributed by atoms with Gasteiger partial charge in [-0.05, 0) is 35.0 Å². The third-order valence-corrected chi connectivity index (χ3v) is 2.25. The van der Waals surface area contributed by atoms with Crippen LogP contribution in [0.25, 0.3) is 10.8 Å². The Morgan fingerprint density at radius 1 is 1.13 bits per heavy atom. The van der Waals surface area contributed by atoms with E-state index in [1.165, 1.54) is 0 Å². The third kappa shape index (κ3) is 1.68. The maximum absolute atomic E-state index is 10.8. The molecule has 2 aromatic carbocycles. The van der Waals surface area contributed by atoms with E-state index in [9.17, 15) is 4.79 Å². The van der Waals surface area contributed by atoms with Gasteiger partial charge >= 0.3 is 5.97 Å². The molecule has 0 aliphatic carbocycles. The van der Waals surface area contributed by atoms with Gasteiger partial charge in [0.15, 0.2) is 0 Å². The van der Waals surface area contributed by atoms with Crippen molar-refractivity contribution in [1.29, 1.82) is 0 Å². The van der Waals surface area contributed by atoms with Gasteiger partial charge in [0.25, 0.3) is 0 Å². The number of carboxylic acid groups (broad SMARTS) is 1. The Balaban J connectivity index is 2.69. The highest BCUT2D eigenvalue weighted by molar-refractivity contribution is 5.94. The van der Waals surface area contributed by atoms with E-state index in [1.807, 2.05) is 18.2 Å². The first-order valence-electron chi connectivity index (χ1n) is 4.44. The van der Waals surface area contributed by atoms with E-state index in [2.05, 4.69) is 5.92 Å². The van der Waals surface area contributed by atoms with Gasteiger partial charge in [-0.15, -0.1) is 6.42 Å². The first-order valence-corrected chi connectivity index (χ1v) is 4.44. The molecule has 15 heavy (non-hydrogen) atoms. The molecule has 0 bridgehead atoms. The molecule has 1 N–H and O–H groups in total. The van der Waals surface area contributed by atoms with Crippen molar-refractivity contribution in [2.24, 2.45) is 0 Å². The molecule has 0 spiro atoms. The van der Waals surface area contributed by atoms with Crippen LogP contribution in [0.5, 0.6) is 0 Å². The lowest BCUT2D eigenvalue weighted by Crippen LogP contribution is -1.95. The van der Waals surface area contributed by atoms with Gasteiger partial charge in [0.1, 0.15) is 0 Å². The SMILES string of the molecule is C#Cc1ccc2ccc(C(=O)O)cc2c1. The Kier molecular flexibility index (Phi) is 2.15. The van der Waals surface area contributed by atoms with Crippen LogP contribution in [0.15, 0.2) is 36.4 Å². The Bertz CT molecular complexity index is 577. The molecule has 2 rings (SSSR count). The third-order valence-electron chi connectivity index (χ3n) is 2.25. The Hall–Kier alpha value is -2.27. The number of benzene rings is 2. The van der Waals surface area contributed by atoms with E-state index in [1.54, 1.807) is 18.2 Å². The summed E-state index contributed by atoms with van der Waals surface area (Å²) in [7, 11) is 0. The van der Waals surface area contributed by atoms with Crippen LogP contribution in [0.4, 0.5) is 0 Å². The lowest BCUT2D eigenvalue weighted by molar-refractivity contribution is 0.0697. The zero-order chi connectivity index (χ0) is 10.8. The van der Waals surface area contributed by atoms with Crippen molar-refractivity contribution in [3.63, 3.8) is 0 Å². The van der Waals surface area contributed by atoms with Gasteiger partial charge in [-0.2, -0.15) is 0 Å². The van der Waals surface area contributed by atoms with Crippen LogP contribution in [0.2, 0.25) is 0 Å². The molecule has 2 aromatic rings. The van der Waals surface area contributed by atoms with Gasteiger partial charge in [0.2, 0.25) is 0 Å². The Labute approximate surface area is 87.2 Å². The van der Waals surface area contributed by atoms with Crippen LogP contribution >= 0.6 is 0 Å². The van der Waals surface area contributed by atoms with Gasteiger partial charge in [0.05, 0.1) is 5.56 Å². The predicted molar refractivity (Wildman–Crippen MR) is 58.8 cm³/mol. The summed E-state index contributed by atoms with van der Waals surface area (Å²) in [5.74, 6) is 1.59. The van der Waals surface area contributed by atoms with Crippen LogP contribution < -0.4 is 0 Å². The number of fused-ring (bicyclic) bond motifs is 1. The molecule has 0 aliphatic rings. The molecule has 72 valence electrons. The molecule has 0 unspecified atom stereocenters. The van der Waals surface area contributed by atoms with Gasteiger partial charge in [-0.25, -0.2) is 4.79 Å². The summed E-state index contributed by atoms with van der Waals surface area (Å²) in [6.07, 6.45) is 5.27. The number of hydrogen-bond acceptors (Lipinski definition) is 1. The van der Waals surface area contributed by atoms with E-state index >= 15 is 0 Å². The number of terminal acetylenes is 1. The summed E-state index contributed by atoms with van der Waals surface area (Å²) in [6.45, 7) is 0. The standard InChI is InChI=1S/C13H8O2/c1-2-9-3-4-10-5-6-11(13(14)15)8-12(10)7-9/h1,3-8H,(H,14,15). The second kappa shape index (κ2) is 3.47. The summed E-state index contributed by atoms with van der Waals surface area (Å²) >= 11 is 0. The molecular formula is C13H8O2. The Morgan fingerprint density at radius 3 is 2.53 bits per heavy atom. The topological polar surface area (TPSA) is 37.3 Å². The summed E-state index contributed by atoms with van der Waals surface area (Å²) in [5, 5.41) is 10.7. The summed E-state index contributed by atoms with van der Waals surface area (Å²) in [5.41, 5.74) is 1.03. The highest BCUT2D eigenvalue weighted by atomic mass is 16.4. The van der Waals surface area contributed by atoms with Crippen molar-refractivity contribution in [2.75, 3.05) is 0 Å². The lowest BCUT2D eigenvalue weighted by Gasteiger charge is -2.00. The molecule has 0 aromatic heterocycles. The molecule has 2 heteroatoms. The number of carboxylic acids is 1. The highest BCUT2D eigenvalue weighted by Gasteiger charge is 2.03. The maximum Gasteiger partial charge on any atom is 0.335 e. The second-order valence-corrected chi connectivity index (χ2v) is 3.23. The molecule has 0 amide bonds. The van der Waals surface area contributed by atoms with Crippen LogP contribution in [-0.2, 0) is 0 Å². The fourth-order valence-electron chi connectivity index (χ4n) is 1.47. The minimum Gasteiger partial charge on any atom is -0.478 e. The summed E-state index contributed by atoms with van der Waals surface area (Å²) in [6, 6.07) is 10.5. The average Bonchev–Trinajstić information content (AvgIpc) is 2.27. The second-order valence-electron chi connectivity index (χ2n) is 3.23. The normalized spacial score (nSPS) is 9.80. The van der Waals surface area contributed by atoms with Gasteiger partial charge < -0.3 is 5.11 Å². The number of hydrogen-bond donors (Lipinski definition) is 1. The van der Waals surface area contributed by atoms with Crippen LogP contribution in [-0.4, -0.2) is 11.1 Å². The Morgan fingerprint density at radius 2 is 1.87 bits per heavy atom. The fraction of sp³-hybridized carbons (Fsp3) is 0. The van der Waals surface area contributed by atoms with Crippen LogP contribution in [0, 0.1) is 12.3 Å². The maximum atomic E-state index is 10.8. The summed E-state index contributed by atoms with van der Waals surface area (Å²) < 4.78 is 0. The average molecular weight is 196 g/mol. The molecule has 0 radical (unpaired) electrons. The summed E-state index contributed by atoms with van der Waals surface area (Å²) in [4.78, 5) is 10.8. The molecule has 2 nitrogen and oxygen atoms in total. The number of rotatable bonds is 1. The van der Waals surface area contributed by atoms with Crippen LogP contribution in [0.3, 0.4) is 0 Å². The minimum absolute atomic E-state index is 0.275. The van der Waals surface area contributed by atoms with Crippen molar-refractivity contribution in [3.05, 3.63) is 47.5 Å². The largest absolute Gasteiger partial charge is 0.478 e. The van der Waals surface area contributed by atoms with Gasteiger partial charge in [0, 0.05) is 5.56 Å². The van der Waals surface area contributed by atoms with Crippen molar-refractivity contribution in [1.82, 2.24) is 0 Å². The van der Waals surface area contributed by atoms with E-state index in [0.29, 0.717) is 0 Å². The predicted octanol–water partition coefficient (Wildman–Crippen LogP) is 2.52. The quantitative estimate of drug-likeness (QED) is 0.711. The molecule has 0 saturated carbocycles. The van der Waals surface area contributed by atoms with E-state index in [4.69, 9.17) is 11.5 Å². The van der Waals surface area contributed by atoms with Gasteiger partial charge in [-0.1, -0.05) is 18.1 Å². The molecule has 0 heterocycles. The minimum atomic E-state index is -0.928. The first kappa shape index (κ1) is 9.29. The smallest absolute Gasteiger partial charge is 0.335 e. The number of carbonyl (C=O) groups is 1. The fourth-order valence-corrected chi connectivity index (χ4v) is 1.47. The zero-order valence-electron chi connectivity index (χ0n) is 7.90. The van der Waals surface area contributed by atoms with Crippen molar-refractivity contribution in [2.45, 2.75) is 0 Å². The molecule has 0 aliphatic heterocycles. The van der Waals surface area contributed by atoms with E-state index < -0.39 is 5.97 Å². The van der Waals surface area contributed by atoms with Crippen molar-refractivity contribution in [3.8, 4) is 12.3 Å². The number of aromatic carboxylic acids is 1. The van der Waals surface area contributed by atoms with Gasteiger partial charge in [-0.3, -0.25) is 0 Å². The van der Waals surface area contributed by atoms with E-state index in [-0.39, 0.29) is 5.56 Å². The van der Waals surface area contributed by atoms with Crippen molar-refractivity contribution < 1.29 is 9.90 Å².